The molecule has 0 radical (unpaired) electrons. The zero-order chi connectivity index (χ0) is 13.8. The molecule has 4 nitrogen and oxygen atoms in total. The Morgan fingerprint density at radius 3 is 2.22 bits per heavy atom. The molecule has 0 saturated carbocycles. The summed E-state index contributed by atoms with van der Waals surface area (Å²) in [6.45, 7) is 5.20. The molecule has 0 spiro atoms. The molecule has 1 N–H and O–H groups in total. The lowest BCUT2D eigenvalue weighted by atomic mass is 9.94. The van der Waals surface area contributed by atoms with E-state index in [9.17, 15) is 14.7 Å². The molecule has 0 saturated heterocycles. The average molecular weight is 248 g/mol. The average Bonchev–Trinajstić information content (AvgIpc) is 2.28. The van der Waals surface area contributed by atoms with E-state index in [-0.39, 0.29) is 12.3 Å². The molecule has 0 unspecified atom stereocenters. The first kappa shape index (κ1) is 14.2. The molecule has 0 aliphatic carbocycles. The predicted octanol–water partition coefficient (Wildman–Crippen LogP) is 0.510. The second-order valence-electron chi connectivity index (χ2n) is 5.28. The second kappa shape index (κ2) is 5.67. The van der Waals surface area contributed by atoms with Gasteiger partial charge in [0.05, 0.1) is 12.0 Å². The van der Waals surface area contributed by atoms with Crippen LogP contribution in [0.15, 0.2) is 30.3 Å². The van der Waals surface area contributed by atoms with Gasteiger partial charge in [-0.3, -0.25) is 4.79 Å². The molecule has 0 heterocycles. The van der Waals surface area contributed by atoms with Gasteiger partial charge in [-0.1, -0.05) is 51.1 Å². The number of hydrogen-bond donors (Lipinski definition) is 1. The maximum absolute atomic E-state index is 11.8. The van der Waals surface area contributed by atoms with Crippen LogP contribution in [0.25, 0.3) is 0 Å². The summed E-state index contributed by atoms with van der Waals surface area (Å²) < 4.78 is 0. The van der Waals surface area contributed by atoms with E-state index in [0.29, 0.717) is 0 Å². The van der Waals surface area contributed by atoms with E-state index in [0.717, 1.165) is 5.56 Å². The molecule has 0 aromatic heterocycles. The Bertz CT molecular complexity index is 420. The van der Waals surface area contributed by atoms with Crippen LogP contribution >= 0.6 is 0 Å². The fourth-order valence-electron chi connectivity index (χ4n) is 1.42. The fourth-order valence-corrected chi connectivity index (χ4v) is 1.42. The Hall–Kier alpha value is -1.84. The third-order valence-corrected chi connectivity index (χ3v) is 2.55. The van der Waals surface area contributed by atoms with Crippen molar-refractivity contribution in [2.45, 2.75) is 33.2 Å². The van der Waals surface area contributed by atoms with Crippen LogP contribution in [0.2, 0.25) is 0 Å². The van der Waals surface area contributed by atoms with Crippen molar-refractivity contribution in [2.75, 3.05) is 0 Å². The SMILES string of the molecule is CC(C)(C)C(=O)N[C@H](Cc1ccccc1)C(=O)[O-]. The number of rotatable bonds is 4. The molecule has 4 heteroatoms. The maximum Gasteiger partial charge on any atom is 0.225 e. The topological polar surface area (TPSA) is 69.2 Å². The molecule has 18 heavy (non-hydrogen) atoms. The van der Waals surface area contributed by atoms with E-state index >= 15 is 0 Å². The highest BCUT2D eigenvalue weighted by Gasteiger charge is 2.24. The van der Waals surface area contributed by atoms with E-state index in [1.807, 2.05) is 30.3 Å². The van der Waals surface area contributed by atoms with E-state index < -0.39 is 17.4 Å². The van der Waals surface area contributed by atoms with Crippen molar-refractivity contribution >= 4 is 11.9 Å². The highest BCUT2D eigenvalue weighted by Crippen LogP contribution is 2.13. The maximum atomic E-state index is 11.8. The molecule has 1 atom stereocenters. The minimum absolute atomic E-state index is 0.227. The van der Waals surface area contributed by atoms with Crippen molar-refractivity contribution in [1.82, 2.24) is 5.32 Å². The van der Waals surface area contributed by atoms with E-state index in [1.54, 1.807) is 20.8 Å². The summed E-state index contributed by atoms with van der Waals surface area (Å²) in [6, 6.07) is 8.14. The lowest BCUT2D eigenvalue weighted by molar-refractivity contribution is -0.308. The van der Waals surface area contributed by atoms with Gasteiger partial charge in [-0.15, -0.1) is 0 Å². The van der Waals surface area contributed by atoms with Gasteiger partial charge in [0.25, 0.3) is 0 Å². The summed E-state index contributed by atoms with van der Waals surface area (Å²) >= 11 is 0. The Morgan fingerprint density at radius 1 is 1.22 bits per heavy atom. The molecule has 1 aromatic carbocycles. The lowest BCUT2D eigenvalue weighted by Crippen LogP contribution is -2.51. The summed E-state index contributed by atoms with van der Waals surface area (Å²) in [5, 5.41) is 13.5. The van der Waals surface area contributed by atoms with Crippen LogP contribution in [0, 0.1) is 5.41 Å². The number of carboxylic acid groups (broad SMARTS) is 1. The normalized spacial score (nSPS) is 12.8. The van der Waals surface area contributed by atoms with Crippen molar-refractivity contribution in [2.24, 2.45) is 5.41 Å². The van der Waals surface area contributed by atoms with Crippen molar-refractivity contribution < 1.29 is 14.7 Å². The quantitative estimate of drug-likeness (QED) is 0.844. The number of aliphatic carboxylic acids is 1. The Balaban J connectivity index is 2.73. The van der Waals surface area contributed by atoms with Gasteiger partial charge in [0.1, 0.15) is 0 Å². The van der Waals surface area contributed by atoms with Crippen LogP contribution in [0.5, 0.6) is 0 Å². The van der Waals surface area contributed by atoms with Gasteiger partial charge in [-0.25, -0.2) is 0 Å². The van der Waals surface area contributed by atoms with Gasteiger partial charge < -0.3 is 15.2 Å². The first-order chi connectivity index (χ1) is 8.30. The summed E-state index contributed by atoms with van der Waals surface area (Å²) in [7, 11) is 0. The van der Waals surface area contributed by atoms with Gasteiger partial charge in [-0.2, -0.15) is 0 Å². The largest absolute Gasteiger partial charge is 0.548 e. The van der Waals surface area contributed by atoms with Gasteiger partial charge in [-0.05, 0) is 12.0 Å². The summed E-state index contributed by atoms with van der Waals surface area (Å²) in [5.41, 5.74) is 0.227. The van der Waals surface area contributed by atoms with Crippen LogP contribution in [0.3, 0.4) is 0 Å². The highest BCUT2D eigenvalue weighted by molar-refractivity contribution is 5.86. The van der Waals surface area contributed by atoms with Crippen LogP contribution < -0.4 is 10.4 Å². The van der Waals surface area contributed by atoms with E-state index in [2.05, 4.69) is 5.32 Å². The monoisotopic (exact) mass is 248 g/mol. The fraction of sp³-hybridized carbons (Fsp3) is 0.429. The number of carbonyl (C=O) groups excluding carboxylic acids is 2. The zero-order valence-corrected chi connectivity index (χ0v) is 10.9. The van der Waals surface area contributed by atoms with Crippen molar-refractivity contribution in [3.63, 3.8) is 0 Å². The third-order valence-electron chi connectivity index (χ3n) is 2.55. The molecule has 0 aliphatic heterocycles. The van der Waals surface area contributed by atoms with Gasteiger partial charge in [0, 0.05) is 5.41 Å². The molecule has 1 amide bonds. The molecule has 1 aromatic rings. The number of carboxylic acids is 1. The first-order valence-electron chi connectivity index (χ1n) is 5.86. The number of nitrogens with one attached hydrogen (secondary N) is 1. The smallest absolute Gasteiger partial charge is 0.225 e. The predicted molar refractivity (Wildman–Crippen MR) is 66.5 cm³/mol. The molecular formula is C14H18NO3-. The van der Waals surface area contributed by atoms with Crippen LogP contribution in [0.1, 0.15) is 26.3 Å². The summed E-state index contributed by atoms with van der Waals surface area (Å²) in [6.07, 6.45) is 0.227. The van der Waals surface area contributed by atoms with Crippen molar-refractivity contribution in [1.29, 1.82) is 0 Å². The van der Waals surface area contributed by atoms with E-state index in [1.165, 1.54) is 0 Å². The van der Waals surface area contributed by atoms with Gasteiger partial charge in [0.15, 0.2) is 0 Å². The zero-order valence-electron chi connectivity index (χ0n) is 10.9. The highest BCUT2D eigenvalue weighted by atomic mass is 16.4. The standard InChI is InChI=1S/C14H19NO3/c1-14(2,3)13(18)15-11(12(16)17)9-10-7-5-4-6-8-10/h4-8,11H,9H2,1-3H3,(H,15,18)(H,16,17)/p-1/t11-/m1/s1. The first-order valence-corrected chi connectivity index (χ1v) is 5.86. The molecule has 0 bridgehead atoms. The lowest BCUT2D eigenvalue weighted by Gasteiger charge is -2.25. The Kier molecular flexibility index (Phi) is 4.48. The Morgan fingerprint density at radius 2 is 1.78 bits per heavy atom. The number of benzene rings is 1. The van der Waals surface area contributed by atoms with Crippen molar-refractivity contribution in [3.05, 3.63) is 35.9 Å². The molecule has 0 fully saturated rings. The Labute approximate surface area is 107 Å². The third kappa shape index (κ3) is 4.20. The summed E-state index contributed by atoms with van der Waals surface area (Å²) in [5.74, 6) is -1.57. The molecular weight excluding hydrogens is 230 g/mol. The van der Waals surface area contributed by atoms with Crippen LogP contribution in [0.4, 0.5) is 0 Å². The summed E-state index contributed by atoms with van der Waals surface area (Å²) in [4.78, 5) is 22.8. The number of carbonyl (C=O) groups is 2. The van der Waals surface area contributed by atoms with Gasteiger partial charge >= 0.3 is 0 Å². The minimum atomic E-state index is -1.27. The van der Waals surface area contributed by atoms with Crippen LogP contribution in [-0.4, -0.2) is 17.9 Å². The number of hydrogen-bond acceptors (Lipinski definition) is 3. The molecule has 0 aliphatic rings. The van der Waals surface area contributed by atoms with E-state index in [4.69, 9.17) is 0 Å². The van der Waals surface area contributed by atoms with Crippen LogP contribution in [-0.2, 0) is 16.0 Å². The number of amides is 1. The van der Waals surface area contributed by atoms with Crippen molar-refractivity contribution in [3.8, 4) is 0 Å². The second-order valence-corrected chi connectivity index (χ2v) is 5.28. The minimum Gasteiger partial charge on any atom is -0.548 e. The molecule has 98 valence electrons. The van der Waals surface area contributed by atoms with Gasteiger partial charge in [0.2, 0.25) is 5.91 Å². The molecule has 1 rings (SSSR count).